The summed E-state index contributed by atoms with van der Waals surface area (Å²) >= 11 is 0. The van der Waals surface area contributed by atoms with Gasteiger partial charge in [0.1, 0.15) is 17.5 Å². The van der Waals surface area contributed by atoms with Crippen LogP contribution < -0.4 is 4.74 Å². The Morgan fingerprint density at radius 2 is 2.25 bits per heavy atom. The number of H-pyrrole nitrogens is 1. The quantitative estimate of drug-likeness (QED) is 0.573. The van der Waals surface area contributed by atoms with Crippen molar-refractivity contribution in [2.24, 2.45) is 0 Å². The third kappa shape index (κ3) is 1.22. The molecule has 5 nitrogen and oxygen atoms in total. The molecule has 0 saturated carbocycles. The van der Waals surface area contributed by atoms with Crippen molar-refractivity contribution in [2.45, 2.75) is 0 Å². The summed E-state index contributed by atoms with van der Waals surface area (Å²) < 4.78 is 7.25. The number of aromatic nitrogens is 3. The molecule has 5 heteroatoms. The van der Waals surface area contributed by atoms with Crippen molar-refractivity contribution in [3.8, 4) is 11.8 Å². The van der Waals surface area contributed by atoms with Gasteiger partial charge in [-0.1, -0.05) is 12.1 Å². The largest absolute Gasteiger partial charge is 0.495 e. The number of methoxy groups -OCH3 is 1. The first-order valence-electron chi connectivity index (χ1n) is 6.17. The molecule has 4 rings (SSSR count). The number of nitrogens with one attached hydrogen (secondary N) is 1. The molecule has 20 heavy (non-hydrogen) atoms. The Bertz CT molecular complexity index is 1000. The average Bonchev–Trinajstić information content (AvgIpc) is 3.08. The molecule has 0 amide bonds. The third-order valence-electron chi connectivity index (χ3n) is 3.57. The summed E-state index contributed by atoms with van der Waals surface area (Å²) in [6, 6.07) is 8.07. The number of ether oxygens (including phenoxy) is 1. The van der Waals surface area contributed by atoms with Gasteiger partial charge in [0.15, 0.2) is 0 Å². The molecule has 1 N–H and O–H groups in total. The fourth-order valence-electron chi connectivity index (χ4n) is 2.69. The number of pyridine rings is 1. The summed E-state index contributed by atoms with van der Waals surface area (Å²) in [5.74, 6) is 0.757. The van der Waals surface area contributed by atoms with Crippen LogP contribution in [0.15, 0.2) is 36.8 Å². The van der Waals surface area contributed by atoms with Crippen molar-refractivity contribution in [1.82, 2.24) is 14.4 Å². The van der Waals surface area contributed by atoms with Gasteiger partial charge >= 0.3 is 0 Å². The van der Waals surface area contributed by atoms with Crippen LogP contribution in [0.2, 0.25) is 0 Å². The summed E-state index contributed by atoms with van der Waals surface area (Å²) in [4.78, 5) is 7.69. The smallest absolute Gasteiger partial charge is 0.146 e. The highest BCUT2D eigenvalue weighted by Crippen LogP contribution is 2.34. The molecule has 4 aromatic rings. The van der Waals surface area contributed by atoms with E-state index in [-0.39, 0.29) is 0 Å². The number of para-hydroxylation sites is 1. The van der Waals surface area contributed by atoms with E-state index in [1.165, 1.54) is 0 Å². The molecule has 3 aromatic heterocycles. The monoisotopic (exact) mass is 262 g/mol. The van der Waals surface area contributed by atoms with Gasteiger partial charge in [-0.3, -0.25) is 0 Å². The maximum atomic E-state index is 9.35. The lowest BCUT2D eigenvalue weighted by atomic mass is 10.1. The number of nitrogens with zero attached hydrogens (tertiary/aromatic N) is 3. The molecule has 0 saturated heterocycles. The topological polar surface area (TPSA) is 66.1 Å². The van der Waals surface area contributed by atoms with Gasteiger partial charge in [-0.15, -0.1) is 0 Å². The first-order valence-corrected chi connectivity index (χ1v) is 6.17. The van der Waals surface area contributed by atoms with E-state index in [1.807, 2.05) is 28.8 Å². The van der Waals surface area contributed by atoms with Crippen LogP contribution in [0.4, 0.5) is 0 Å². The number of imidazole rings is 1. The molecule has 0 radical (unpaired) electrons. The lowest BCUT2D eigenvalue weighted by molar-refractivity contribution is 0.419. The van der Waals surface area contributed by atoms with Gasteiger partial charge in [0, 0.05) is 24.0 Å². The second-order valence-corrected chi connectivity index (χ2v) is 4.57. The van der Waals surface area contributed by atoms with Crippen molar-refractivity contribution >= 4 is 27.5 Å². The van der Waals surface area contributed by atoms with Crippen LogP contribution in [0.25, 0.3) is 27.5 Å². The molecule has 0 aliphatic heterocycles. The molecular weight excluding hydrogens is 252 g/mol. The van der Waals surface area contributed by atoms with Crippen LogP contribution in [-0.2, 0) is 0 Å². The van der Waals surface area contributed by atoms with Crippen LogP contribution in [-0.4, -0.2) is 21.5 Å². The zero-order chi connectivity index (χ0) is 13.7. The number of rotatable bonds is 1. The van der Waals surface area contributed by atoms with E-state index in [1.54, 1.807) is 19.5 Å². The molecule has 1 aromatic carbocycles. The summed E-state index contributed by atoms with van der Waals surface area (Å²) in [6.45, 7) is 0. The highest BCUT2D eigenvalue weighted by atomic mass is 16.5. The van der Waals surface area contributed by atoms with Gasteiger partial charge in [-0.05, 0) is 6.07 Å². The van der Waals surface area contributed by atoms with E-state index in [9.17, 15) is 5.26 Å². The Balaban J connectivity index is 2.35. The van der Waals surface area contributed by atoms with E-state index in [2.05, 4.69) is 16.0 Å². The Labute approximate surface area is 114 Å². The second kappa shape index (κ2) is 3.75. The van der Waals surface area contributed by atoms with Crippen molar-refractivity contribution in [3.05, 3.63) is 42.4 Å². The maximum absolute atomic E-state index is 9.35. The lowest BCUT2D eigenvalue weighted by Gasteiger charge is -2.00. The van der Waals surface area contributed by atoms with Crippen molar-refractivity contribution in [3.63, 3.8) is 0 Å². The molecule has 0 aliphatic carbocycles. The Kier molecular flexibility index (Phi) is 2.04. The van der Waals surface area contributed by atoms with Crippen LogP contribution >= 0.6 is 0 Å². The second-order valence-electron chi connectivity index (χ2n) is 4.57. The van der Waals surface area contributed by atoms with E-state index in [0.29, 0.717) is 5.56 Å². The lowest BCUT2D eigenvalue weighted by Crippen LogP contribution is -1.88. The normalized spacial score (nSPS) is 11.2. The fraction of sp³-hybridized carbons (Fsp3) is 0.0667. The minimum absolute atomic E-state index is 0.587. The fourth-order valence-corrected chi connectivity index (χ4v) is 2.69. The summed E-state index contributed by atoms with van der Waals surface area (Å²) in [6.07, 6.45) is 5.36. The molecule has 3 heterocycles. The SMILES string of the molecule is COc1cccc2c1[nH]c1c(C#N)cn3ccnc3c12. The zero-order valence-corrected chi connectivity index (χ0v) is 10.7. The van der Waals surface area contributed by atoms with Crippen molar-refractivity contribution in [2.75, 3.05) is 7.11 Å². The van der Waals surface area contributed by atoms with E-state index < -0.39 is 0 Å². The Morgan fingerprint density at radius 3 is 3.05 bits per heavy atom. The molecule has 0 spiro atoms. The van der Waals surface area contributed by atoms with Gasteiger partial charge in [-0.2, -0.15) is 5.26 Å². The van der Waals surface area contributed by atoms with Crippen LogP contribution in [0, 0.1) is 11.3 Å². The van der Waals surface area contributed by atoms with Crippen molar-refractivity contribution in [1.29, 1.82) is 5.26 Å². The number of nitriles is 1. The average molecular weight is 262 g/mol. The number of aromatic amines is 1. The van der Waals surface area contributed by atoms with Gasteiger partial charge in [0.25, 0.3) is 0 Å². The molecule has 0 fully saturated rings. The number of fused-ring (bicyclic) bond motifs is 5. The van der Waals surface area contributed by atoms with Gasteiger partial charge in [0.2, 0.25) is 0 Å². The molecule has 0 aliphatic rings. The zero-order valence-electron chi connectivity index (χ0n) is 10.7. The van der Waals surface area contributed by atoms with Crippen LogP contribution in [0.1, 0.15) is 5.56 Å². The standard InChI is InChI=1S/C15H10N4O/c1-20-11-4-2-3-10-12-13(18-14(10)11)9(7-16)8-19-6-5-17-15(12)19/h2-6,8,18H,1H3. The van der Waals surface area contributed by atoms with Gasteiger partial charge in [0.05, 0.1) is 29.1 Å². The predicted molar refractivity (Wildman–Crippen MR) is 75.8 cm³/mol. The van der Waals surface area contributed by atoms with Crippen LogP contribution in [0.3, 0.4) is 0 Å². The third-order valence-corrected chi connectivity index (χ3v) is 3.57. The Morgan fingerprint density at radius 1 is 1.35 bits per heavy atom. The molecule has 96 valence electrons. The van der Waals surface area contributed by atoms with Crippen molar-refractivity contribution < 1.29 is 4.74 Å². The highest BCUT2D eigenvalue weighted by molar-refractivity contribution is 6.16. The number of benzene rings is 1. The van der Waals surface area contributed by atoms with Gasteiger partial charge < -0.3 is 14.1 Å². The van der Waals surface area contributed by atoms with E-state index in [0.717, 1.165) is 33.2 Å². The number of hydrogen-bond acceptors (Lipinski definition) is 3. The highest BCUT2D eigenvalue weighted by Gasteiger charge is 2.15. The summed E-state index contributed by atoms with van der Waals surface area (Å²) in [5, 5.41) is 11.3. The predicted octanol–water partition coefficient (Wildman–Crippen LogP) is 2.85. The van der Waals surface area contributed by atoms with E-state index in [4.69, 9.17) is 4.74 Å². The molecule has 0 bridgehead atoms. The minimum Gasteiger partial charge on any atom is -0.495 e. The van der Waals surface area contributed by atoms with Gasteiger partial charge in [-0.25, -0.2) is 4.98 Å². The number of hydrogen-bond donors (Lipinski definition) is 1. The summed E-state index contributed by atoms with van der Waals surface area (Å²) in [7, 11) is 1.64. The molecular formula is C15H10N4O. The van der Waals surface area contributed by atoms with Crippen LogP contribution in [0.5, 0.6) is 5.75 Å². The first-order chi connectivity index (χ1) is 9.83. The maximum Gasteiger partial charge on any atom is 0.146 e. The molecule has 0 unspecified atom stereocenters. The molecule has 0 atom stereocenters. The minimum atomic E-state index is 0.587. The Hall–Kier alpha value is -3.00. The summed E-state index contributed by atoms with van der Waals surface area (Å²) in [5.41, 5.74) is 3.10. The van der Waals surface area contributed by atoms with E-state index >= 15 is 0 Å². The first kappa shape index (κ1) is 10.9.